The maximum absolute atomic E-state index is 12.5. The highest BCUT2D eigenvalue weighted by Crippen LogP contribution is 2.28. The molecule has 0 fully saturated rings. The Labute approximate surface area is 155 Å². The number of methoxy groups -OCH3 is 1. The fraction of sp³-hybridized carbons (Fsp3) is 0.250. The second kappa shape index (κ2) is 7.90. The van der Waals surface area contributed by atoms with Crippen molar-refractivity contribution >= 4 is 17.1 Å². The molecular formula is C20H21N3O4. The van der Waals surface area contributed by atoms with Gasteiger partial charge in [0.05, 0.1) is 30.3 Å². The number of nitrogens with one attached hydrogen (secondary N) is 1. The van der Waals surface area contributed by atoms with Gasteiger partial charge in [-0.05, 0) is 49.2 Å². The Balaban J connectivity index is 1.96. The molecule has 7 nitrogen and oxygen atoms in total. The van der Waals surface area contributed by atoms with Gasteiger partial charge in [-0.2, -0.15) is 5.10 Å². The molecule has 140 valence electrons. The molecule has 0 amide bonds. The van der Waals surface area contributed by atoms with E-state index < -0.39 is 11.2 Å². The number of aromatic amines is 1. The van der Waals surface area contributed by atoms with Crippen LogP contribution in [0.3, 0.4) is 0 Å². The first-order valence-electron chi connectivity index (χ1n) is 8.66. The van der Waals surface area contributed by atoms with E-state index >= 15 is 0 Å². The second-order valence-electron chi connectivity index (χ2n) is 6.08. The molecule has 0 saturated heterocycles. The van der Waals surface area contributed by atoms with Crippen molar-refractivity contribution in [2.75, 3.05) is 7.11 Å². The van der Waals surface area contributed by atoms with Crippen LogP contribution in [0.1, 0.15) is 25.8 Å². The zero-order chi connectivity index (χ0) is 19.4. The number of ether oxygens (including phenoxy) is 2. The van der Waals surface area contributed by atoms with Gasteiger partial charge in [-0.1, -0.05) is 19.1 Å². The highest BCUT2D eigenvalue weighted by atomic mass is 16.5. The molecule has 1 N–H and O–H groups in total. The van der Waals surface area contributed by atoms with E-state index in [0.29, 0.717) is 28.0 Å². The largest absolute Gasteiger partial charge is 0.493 e. The highest BCUT2D eigenvalue weighted by molar-refractivity contribution is 5.81. The minimum absolute atomic E-state index is 0.0631. The molecule has 7 heteroatoms. The Hall–Kier alpha value is -3.35. The average Bonchev–Trinajstić information content (AvgIpc) is 2.68. The number of nitrogens with zero attached hydrogens (tertiary/aromatic N) is 2. The number of benzene rings is 2. The molecule has 1 unspecified atom stereocenters. The van der Waals surface area contributed by atoms with Gasteiger partial charge >= 0.3 is 5.69 Å². The van der Waals surface area contributed by atoms with Crippen LogP contribution in [0.4, 0.5) is 0 Å². The third-order valence-corrected chi connectivity index (χ3v) is 4.20. The molecule has 0 radical (unpaired) electrons. The molecule has 0 bridgehead atoms. The normalized spacial score (nSPS) is 12.4. The smallest absolute Gasteiger partial charge is 0.349 e. The van der Waals surface area contributed by atoms with Gasteiger partial charge in [0, 0.05) is 0 Å². The second-order valence-corrected chi connectivity index (χ2v) is 6.08. The third kappa shape index (κ3) is 3.92. The lowest BCUT2D eigenvalue weighted by Gasteiger charge is -2.15. The average molecular weight is 367 g/mol. The van der Waals surface area contributed by atoms with Crippen molar-refractivity contribution < 1.29 is 9.47 Å². The molecule has 0 aliphatic rings. The van der Waals surface area contributed by atoms with Gasteiger partial charge in [-0.3, -0.25) is 4.79 Å². The van der Waals surface area contributed by atoms with E-state index in [1.807, 2.05) is 13.8 Å². The summed E-state index contributed by atoms with van der Waals surface area (Å²) in [6.45, 7) is 4.02. The van der Waals surface area contributed by atoms with Gasteiger partial charge in [0.15, 0.2) is 11.5 Å². The van der Waals surface area contributed by atoms with Gasteiger partial charge in [-0.25, -0.2) is 4.79 Å². The van der Waals surface area contributed by atoms with E-state index in [1.54, 1.807) is 49.6 Å². The Morgan fingerprint density at radius 3 is 2.70 bits per heavy atom. The van der Waals surface area contributed by atoms with E-state index in [4.69, 9.17) is 9.47 Å². The number of rotatable bonds is 6. The first kappa shape index (κ1) is 18.4. The SMILES string of the molecule is CCC(C)Oc1ccc(C=Nn2c(=O)[nH]c3ccccc3c2=O)cc1OC. The van der Waals surface area contributed by atoms with Crippen LogP contribution in [-0.4, -0.2) is 29.1 Å². The number of hydrogen-bond donors (Lipinski definition) is 1. The monoisotopic (exact) mass is 367 g/mol. The van der Waals surface area contributed by atoms with Crippen molar-refractivity contribution in [3.05, 3.63) is 68.9 Å². The standard InChI is InChI=1S/C20H21N3O4/c1-4-13(2)27-17-10-9-14(11-18(17)26-3)12-21-23-19(24)15-7-5-6-8-16(15)22-20(23)25/h5-13H,4H2,1-3H3,(H,22,25). The van der Waals surface area contributed by atoms with Crippen molar-refractivity contribution in [2.24, 2.45) is 5.10 Å². The lowest BCUT2D eigenvalue weighted by molar-refractivity contribution is 0.207. The summed E-state index contributed by atoms with van der Waals surface area (Å²) in [5.41, 5.74) is 0.0721. The Morgan fingerprint density at radius 2 is 1.96 bits per heavy atom. The molecule has 0 saturated carbocycles. The summed E-state index contributed by atoms with van der Waals surface area (Å²) < 4.78 is 12.0. The van der Waals surface area contributed by atoms with E-state index in [0.717, 1.165) is 11.1 Å². The molecule has 27 heavy (non-hydrogen) atoms. The molecule has 1 aromatic heterocycles. The van der Waals surface area contributed by atoms with Crippen LogP contribution in [-0.2, 0) is 0 Å². The lowest BCUT2D eigenvalue weighted by Crippen LogP contribution is -2.32. The molecule has 0 spiro atoms. The van der Waals surface area contributed by atoms with Crippen molar-refractivity contribution in [1.82, 2.24) is 9.66 Å². The van der Waals surface area contributed by atoms with Crippen LogP contribution in [0.2, 0.25) is 0 Å². The van der Waals surface area contributed by atoms with Crippen LogP contribution < -0.4 is 20.7 Å². The van der Waals surface area contributed by atoms with Gasteiger partial charge in [0.1, 0.15) is 0 Å². The van der Waals surface area contributed by atoms with Crippen molar-refractivity contribution in [3.8, 4) is 11.5 Å². The van der Waals surface area contributed by atoms with Crippen LogP contribution >= 0.6 is 0 Å². The van der Waals surface area contributed by atoms with Crippen molar-refractivity contribution in [2.45, 2.75) is 26.4 Å². The van der Waals surface area contributed by atoms with Gasteiger partial charge in [0.25, 0.3) is 5.56 Å². The van der Waals surface area contributed by atoms with Crippen LogP contribution in [0.15, 0.2) is 57.2 Å². The Bertz CT molecular complexity index is 1100. The number of hydrogen-bond acceptors (Lipinski definition) is 5. The molecule has 1 heterocycles. The molecule has 0 aliphatic heterocycles. The predicted molar refractivity (Wildman–Crippen MR) is 105 cm³/mol. The van der Waals surface area contributed by atoms with E-state index in [-0.39, 0.29) is 6.10 Å². The molecule has 2 aromatic carbocycles. The van der Waals surface area contributed by atoms with Crippen molar-refractivity contribution in [3.63, 3.8) is 0 Å². The Morgan fingerprint density at radius 1 is 1.19 bits per heavy atom. The molecule has 0 aliphatic carbocycles. The summed E-state index contributed by atoms with van der Waals surface area (Å²) in [6.07, 6.45) is 2.37. The maximum atomic E-state index is 12.5. The number of H-pyrrole nitrogens is 1. The predicted octanol–water partition coefficient (Wildman–Crippen LogP) is 2.76. The van der Waals surface area contributed by atoms with Crippen molar-refractivity contribution in [1.29, 1.82) is 0 Å². The zero-order valence-electron chi connectivity index (χ0n) is 15.4. The first-order chi connectivity index (χ1) is 13.0. The van der Waals surface area contributed by atoms with Gasteiger partial charge in [0.2, 0.25) is 0 Å². The number of aromatic nitrogens is 2. The summed E-state index contributed by atoms with van der Waals surface area (Å²) in [6, 6.07) is 12.1. The van der Waals surface area contributed by atoms with E-state index in [9.17, 15) is 9.59 Å². The van der Waals surface area contributed by atoms with E-state index in [2.05, 4.69) is 10.1 Å². The van der Waals surface area contributed by atoms with Crippen LogP contribution in [0.25, 0.3) is 10.9 Å². The summed E-state index contributed by atoms with van der Waals surface area (Å²) in [4.78, 5) is 27.3. The quantitative estimate of drug-likeness (QED) is 0.679. The molecule has 1 atom stereocenters. The fourth-order valence-corrected chi connectivity index (χ4v) is 2.54. The van der Waals surface area contributed by atoms with Crippen LogP contribution in [0.5, 0.6) is 11.5 Å². The van der Waals surface area contributed by atoms with Gasteiger partial charge < -0.3 is 14.5 Å². The minimum Gasteiger partial charge on any atom is -0.493 e. The maximum Gasteiger partial charge on any atom is 0.349 e. The Kier molecular flexibility index (Phi) is 5.40. The number of fused-ring (bicyclic) bond motifs is 1. The summed E-state index contributed by atoms with van der Waals surface area (Å²) in [5.74, 6) is 1.18. The number of para-hydroxylation sites is 1. The van der Waals surface area contributed by atoms with Crippen LogP contribution in [0, 0.1) is 0 Å². The molecule has 3 rings (SSSR count). The summed E-state index contributed by atoms with van der Waals surface area (Å²) >= 11 is 0. The summed E-state index contributed by atoms with van der Waals surface area (Å²) in [5, 5.41) is 4.44. The molecule has 3 aromatic rings. The first-order valence-corrected chi connectivity index (χ1v) is 8.66. The zero-order valence-corrected chi connectivity index (χ0v) is 15.4. The van der Waals surface area contributed by atoms with E-state index in [1.165, 1.54) is 6.21 Å². The molecular weight excluding hydrogens is 346 g/mol. The topological polar surface area (TPSA) is 85.7 Å². The highest BCUT2D eigenvalue weighted by Gasteiger charge is 2.09. The third-order valence-electron chi connectivity index (χ3n) is 4.20. The fourth-order valence-electron chi connectivity index (χ4n) is 2.54. The minimum atomic E-state index is -0.598. The summed E-state index contributed by atoms with van der Waals surface area (Å²) in [7, 11) is 1.55. The van der Waals surface area contributed by atoms with Gasteiger partial charge in [-0.15, -0.1) is 4.68 Å². The lowest BCUT2D eigenvalue weighted by atomic mass is 10.2.